The lowest BCUT2D eigenvalue weighted by Gasteiger charge is -2.21. The third kappa shape index (κ3) is 5.36. The molecule has 1 aliphatic heterocycles. The predicted molar refractivity (Wildman–Crippen MR) is 111 cm³/mol. The van der Waals surface area contributed by atoms with Crippen LogP contribution in [0.2, 0.25) is 0 Å². The normalized spacial score (nSPS) is 21.3. The summed E-state index contributed by atoms with van der Waals surface area (Å²) in [4.78, 5) is 18.9. The average Bonchev–Trinajstić information content (AvgIpc) is 3.32. The summed E-state index contributed by atoms with van der Waals surface area (Å²) in [6.45, 7) is 2.40. The standard InChI is InChI=1S/C18H29N5O.HI/c1-19-18(20-11-14-7-9-22(2)12-14)21-16-8-10-23(13-16)17(24)15-5-3-4-6-15;/h7,9,12,15-16H,3-6,8,10-11,13H2,1-2H3,(H2,19,20,21);1H. The van der Waals surface area contributed by atoms with E-state index in [2.05, 4.69) is 27.9 Å². The minimum atomic E-state index is 0. The first-order valence-electron chi connectivity index (χ1n) is 9.02. The summed E-state index contributed by atoms with van der Waals surface area (Å²) in [5.74, 6) is 1.45. The Labute approximate surface area is 167 Å². The molecule has 1 unspecified atom stereocenters. The Kier molecular flexibility index (Phi) is 7.58. The number of carbonyl (C=O) groups is 1. The smallest absolute Gasteiger partial charge is 0.225 e. The Balaban J connectivity index is 0.00000225. The Morgan fingerprint density at radius 3 is 2.72 bits per heavy atom. The van der Waals surface area contributed by atoms with E-state index in [-0.39, 0.29) is 35.9 Å². The van der Waals surface area contributed by atoms with Gasteiger partial charge in [-0.3, -0.25) is 9.79 Å². The molecular weight excluding hydrogens is 429 g/mol. The Morgan fingerprint density at radius 1 is 1.32 bits per heavy atom. The molecule has 2 aliphatic rings. The zero-order valence-electron chi connectivity index (χ0n) is 15.2. The highest BCUT2D eigenvalue weighted by atomic mass is 127. The van der Waals surface area contributed by atoms with Crippen LogP contribution >= 0.6 is 24.0 Å². The number of aryl methyl sites for hydroxylation is 1. The first-order valence-corrected chi connectivity index (χ1v) is 9.02. The minimum Gasteiger partial charge on any atom is -0.357 e. The predicted octanol–water partition coefficient (Wildman–Crippen LogP) is 2.10. The van der Waals surface area contributed by atoms with E-state index in [1.54, 1.807) is 7.05 Å². The van der Waals surface area contributed by atoms with Crippen LogP contribution in [-0.4, -0.2) is 47.5 Å². The summed E-state index contributed by atoms with van der Waals surface area (Å²) in [7, 11) is 3.81. The highest BCUT2D eigenvalue weighted by molar-refractivity contribution is 14.0. The largest absolute Gasteiger partial charge is 0.357 e. The second kappa shape index (κ2) is 9.45. The Bertz CT molecular complexity index is 594. The number of likely N-dealkylation sites (tertiary alicyclic amines) is 1. The number of amides is 1. The lowest BCUT2D eigenvalue weighted by molar-refractivity contribution is -0.134. The number of aliphatic imine (C=N–C) groups is 1. The number of aromatic nitrogens is 1. The molecule has 1 saturated heterocycles. The van der Waals surface area contributed by atoms with Gasteiger partial charge in [-0.2, -0.15) is 0 Å². The van der Waals surface area contributed by atoms with E-state index in [0.717, 1.165) is 44.9 Å². The molecule has 2 N–H and O–H groups in total. The second-order valence-corrected chi connectivity index (χ2v) is 7.01. The molecule has 0 radical (unpaired) electrons. The van der Waals surface area contributed by atoms with Gasteiger partial charge in [0, 0.05) is 58.1 Å². The zero-order valence-corrected chi connectivity index (χ0v) is 17.5. The van der Waals surface area contributed by atoms with Crippen LogP contribution in [0.3, 0.4) is 0 Å². The number of hydrogen-bond acceptors (Lipinski definition) is 2. The third-order valence-corrected chi connectivity index (χ3v) is 5.12. The maximum atomic E-state index is 12.5. The summed E-state index contributed by atoms with van der Waals surface area (Å²) in [6.07, 6.45) is 9.70. The van der Waals surface area contributed by atoms with Gasteiger partial charge in [0.05, 0.1) is 0 Å². The quantitative estimate of drug-likeness (QED) is 0.412. The molecule has 0 aromatic carbocycles. The second-order valence-electron chi connectivity index (χ2n) is 7.01. The average molecular weight is 459 g/mol. The molecular formula is C18H30IN5O. The summed E-state index contributed by atoms with van der Waals surface area (Å²) in [6, 6.07) is 2.38. The SMILES string of the molecule is CN=C(NCc1ccn(C)c1)NC1CCN(C(=O)C2CCCC2)C1.I. The topological polar surface area (TPSA) is 61.7 Å². The van der Waals surface area contributed by atoms with Crippen molar-refractivity contribution in [2.24, 2.45) is 18.0 Å². The van der Waals surface area contributed by atoms with Crippen LogP contribution in [0.1, 0.15) is 37.7 Å². The number of guanidine groups is 1. The Hall–Kier alpha value is -1.25. The summed E-state index contributed by atoms with van der Waals surface area (Å²) in [5, 5.41) is 6.80. The molecule has 25 heavy (non-hydrogen) atoms. The van der Waals surface area contributed by atoms with Crippen molar-refractivity contribution in [1.29, 1.82) is 0 Å². The van der Waals surface area contributed by atoms with Crippen molar-refractivity contribution in [2.75, 3.05) is 20.1 Å². The van der Waals surface area contributed by atoms with Gasteiger partial charge in [0.1, 0.15) is 0 Å². The molecule has 6 nitrogen and oxygen atoms in total. The van der Waals surface area contributed by atoms with E-state index < -0.39 is 0 Å². The zero-order chi connectivity index (χ0) is 16.9. The highest BCUT2D eigenvalue weighted by Crippen LogP contribution is 2.27. The van der Waals surface area contributed by atoms with E-state index in [4.69, 9.17) is 0 Å². The molecule has 1 aromatic heterocycles. The van der Waals surface area contributed by atoms with Crippen LogP contribution in [0.25, 0.3) is 0 Å². The molecule has 7 heteroatoms. The van der Waals surface area contributed by atoms with Gasteiger partial charge in [0.2, 0.25) is 5.91 Å². The maximum Gasteiger partial charge on any atom is 0.225 e. The number of hydrogen-bond donors (Lipinski definition) is 2. The molecule has 1 aromatic rings. The monoisotopic (exact) mass is 459 g/mol. The Morgan fingerprint density at radius 2 is 2.08 bits per heavy atom. The van der Waals surface area contributed by atoms with Crippen molar-refractivity contribution in [3.05, 3.63) is 24.0 Å². The molecule has 3 rings (SSSR count). The third-order valence-electron chi connectivity index (χ3n) is 5.12. The van der Waals surface area contributed by atoms with Gasteiger partial charge in [-0.1, -0.05) is 12.8 Å². The van der Waals surface area contributed by atoms with E-state index in [9.17, 15) is 4.79 Å². The molecule has 140 valence electrons. The fraction of sp³-hybridized carbons (Fsp3) is 0.667. The van der Waals surface area contributed by atoms with Crippen molar-refractivity contribution in [3.63, 3.8) is 0 Å². The fourth-order valence-electron chi connectivity index (χ4n) is 3.75. The van der Waals surface area contributed by atoms with Gasteiger partial charge >= 0.3 is 0 Å². The molecule has 1 atom stereocenters. The first-order chi connectivity index (χ1) is 11.7. The highest BCUT2D eigenvalue weighted by Gasteiger charge is 2.32. The minimum absolute atomic E-state index is 0. The summed E-state index contributed by atoms with van der Waals surface area (Å²) < 4.78 is 2.04. The van der Waals surface area contributed by atoms with Gasteiger partial charge in [-0.25, -0.2) is 0 Å². The van der Waals surface area contributed by atoms with Crippen molar-refractivity contribution in [2.45, 2.75) is 44.7 Å². The first kappa shape index (κ1) is 20.1. The van der Waals surface area contributed by atoms with E-state index in [1.807, 2.05) is 22.7 Å². The number of nitrogens with zero attached hydrogens (tertiary/aromatic N) is 3. The molecule has 0 bridgehead atoms. The fourth-order valence-corrected chi connectivity index (χ4v) is 3.75. The van der Waals surface area contributed by atoms with Gasteiger partial charge in [0.15, 0.2) is 5.96 Å². The van der Waals surface area contributed by atoms with E-state index >= 15 is 0 Å². The van der Waals surface area contributed by atoms with Crippen molar-refractivity contribution < 1.29 is 4.79 Å². The van der Waals surface area contributed by atoms with E-state index in [1.165, 1.54) is 18.4 Å². The molecule has 1 amide bonds. The van der Waals surface area contributed by atoms with Crippen LogP contribution in [0.4, 0.5) is 0 Å². The number of carbonyl (C=O) groups excluding carboxylic acids is 1. The van der Waals surface area contributed by atoms with E-state index in [0.29, 0.717) is 5.91 Å². The van der Waals surface area contributed by atoms with Crippen LogP contribution < -0.4 is 10.6 Å². The van der Waals surface area contributed by atoms with Crippen LogP contribution in [-0.2, 0) is 18.4 Å². The molecule has 1 aliphatic carbocycles. The van der Waals surface area contributed by atoms with Crippen LogP contribution in [0, 0.1) is 5.92 Å². The van der Waals surface area contributed by atoms with Crippen molar-refractivity contribution >= 4 is 35.8 Å². The van der Waals surface area contributed by atoms with Gasteiger partial charge in [-0.15, -0.1) is 24.0 Å². The lowest BCUT2D eigenvalue weighted by atomic mass is 10.1. The van der Waals surface area contributed by atoms with Gasteiger partial charge in [-0.05, 0) is 30.9 Å². The number of halogens is 1. The van der Waals surface area contributed by atoms with Crippen LogP contribution in [0.15, 0.2) is 23.5 Å². The number of nitrogens with one attached hydrogen (secondary N) is 2. The molecule has 1 saturated carbocycles. The number of rotatable bonds is 4. The van der Waals surface area contributed by atoms with Crippen LogP contribution in [0.5, 0.6) is 0 Å². The maximum absolute atomic E-state index is 12.5. The summed E-state index contributed by atoms with van der Waals surface area (Å²) >= 11 is 0. The molecule has 0 spiro atoms. The molecule has 2 heterocycles. The van der Waals surface area contributed by atoms with Gasteiger partial charge < -0.3 is 20.1 Å². The summed E-state index contributed by atoms with van der Waals surface area (Å²) in [5.41, 5.74) is 1.23. The van der Waals surface area contributed by atoms with Gasteiger partial charge in [0.25, 0.3) is 0 Å². The van der Waals surface area contributed by atoms with Crippen molar-refractivity contribution in [1.82, 2.24) is 20.1 Å². The van der Waals surface area contributed by atoms with Crippen molar-refractivity contribution in [3.8, 4) is 0 Å². The molecule has 2 fully saturated rings. The lowest BCUT2D eigenvalue weighted by Crippen LogP contribution is -2.45.